The first-order valence-electron chi connectivity index (χ1n) is 11.6. The molecule has 36 heavy (non-hydrogen) atoms. The van der Waals surface area contributed by atoms with Crippen molar-refractivity contribution in [3.8, 4) is 0 Å². The number of piperazine rings is 1. The number of carbonyl (C=O) groups is 2. The molecule has 0 radical (unpaired) electrons. The van der Waals surface area contributed by atoms with Crippen LogP contribution in [0.1, 0.15) is 5.56 Å². The standard InChI is InChI=1S/C27H24N4O4S/c32-26(29-16-14-28(15-17-29)21-10-12-22(13-11-21)31(34)35)19-30-23-8-4-5-9-24(23)36-25(27(30)33)18-20-6-2-1-3-7-20/h1-13,18H,14-17,19H2. The summed E-state index contributed by atoms with van der Waals surface area (Å²) in [4.78, 5) is 44.2. The zero-order chi connectivity index (χ0) is 25.1. The predicted molar refractivity (Wildman–Crippen MR) is 141 cm³/mol. The molecular weight excluding hydrogens is 476 g/mol. The van der Waals surface area contributed by atoms with Gasteiger partial charge in [0.05, 0.1) is 15.5 Å². The minimum absolute atomic E-state index is 0.0277. The lowest BCUT2D eigenvalue weighted by atomic mass is 10.2. The number of fused-ring (bicyclic) bond motifs is 1. The second kappa shape index (κ2) is 10.2. The van der Waals surface area contributed by atoms with Crippen LogP contribution in [-0.2, 0) is 9.59 Å². The number of hydrogen-bond donors (Lipinski definition) is 0. The van der Waals surface area contributed by atoms with Crippen LogP contribution in [0.5, 0.6) is 0 Å². The fourth-order valence-corrected chi connectivity index (χ4v) is 5.41. The first kappa shape index (κ1) is 23.6. The number of amides is 2. The van der Waals surface area contributed by atoms with Crippen molar-refractivity contribution in [3.63, 3.8) is 0 Å². The number of rotatable bonds is 5. The summed E-state index contributed by atoms with van der Waals surface area (Å²) in [6.07, 6.45) is 1.86. The van der Waals surface area contributed by atoms with Crippen LogP contribution in [0.3, 0.4) is 0 Å². The van der Waals surface area contributed by atoms with Crippen molar-refractivity contribution in [2.45, 2.75) is 4.90 Å². The predicted octanol–water partition coefficient (Wildman–Crippen LogP) is 4.42. The zero-order valence-electron chi connectivity index (χ0n) is 19.4. The monoisotopic (exact) mass is 500 g/mol. The molecule has 0 N–H and O–H groups in total. The van der Waals surface area contributed by atoms with Crippen LogP contribution in [0, 0.1) is 10.1 Å². The van der Waals surface area contributed by atoms with Gasteiger partial charge in [-0.3, -0.25) is 24.6 Å². The Balaban J connectivity index is 1.28. The number of carbonyl (C=O) groups excluding carboxylic acids is 2. The summed E-state index contributed by atoms with van der Waals surface area (Å²) >= 11 is 1.42. The molecule has 1 fully saturated rings. The summed E-state index contributed by atoms with van der Waals surface area (Å²) in [6.45, 7) is 2.23. The molecule has 0 spiro atoms. The lowest BCUT2D eigenvalue weighted by Gasteiger charge is -2.37. The first-order valence-corrected chi connectivity index (χ1v) is 12.4. The Morgan fingerprint density at radius 2 is 1.58 bits per heavy atom. The maximum atomic E-state index is 13.4. The van der Waals surface area contributed by atoms with Gasteiger partial charge in [0.15, 0.2) is 0 Å². The molecule has 2 aliphatic rings. The number of hydrogen-bond acceptors (Lipinski definition) is 6. The summed E-state index contributed by atoms with van der Waals surface area (Å²) in [5, 5.41) is 10.9. The molecule has 0 aliphatic carbocycles. The van der Waals surface area contributed by atoms with E-state index in [2.05, 4.69) is 4.90 Å². The normalized spacial score (nSPS) is 16.7. The largest absolute Gasteiger partial charge is 0.368 e. The average molecular weight is 501 g/mol. The maximum absolute atomic E-state index is 13.4. The Hall–Kier alpha value is -4.11. The van der Waals surface area contributed by atoms with E-state index in [-0.39, 0.29) is 24.0 Å². The van der Waals surface area contributed by atoms with E-state index in [1.165, 1.54) is 23.9 Å². The van der Waals surface area contributed by atoms with E-state index in [1.54, 1.807) is 21.9 Å². The Bertz CT molecular complexity index is 1320. The second-order valence-corrected chi connectivity index (χ2v) is 9.61. The van der Waals surface area contributed by atoms with Gasteiger partial charge in [-0.1, -0.05) is 54.2 Å². The fraction of sp³-hybridized carbons (Fsp3) is 0.185. The number of nitrogens with zero attached hydrogens (tertiary/aromatic N) is 4. The number of nitro groups is 1. The van der Waals surface area contributed by atoms with Crippen LogP contribution in [-0.4, -0.2) is 54.4 Å². The lowest BCUT2D eigenvalue weighted by molar-refractivity contribution is -0.384. The van der Waals surface area contributed by atoms with Crippen molar-refractivity contribution >= 4 is 46.7 Å². The van der Waals surface area contributed by atoms with Gasteiger partial charge in [0, 0.05) is 48.9 Å². The second-order valence-electron chi connectivity index (χ2n) is 8.52. The van der Waals surface area contributed by atoms with Gasteiger partial charge < -0.3 is 9.80 Å². The van der Waals surface area contributed by atoms with Crippen LogP contribution in [0.25, 0.3) is 6.08 Å². The van der Waals surface area contributed by atoms with Crippen molar-refractivity contribution < 1.29 is 14.5 Å². The molecular formula is C27H24N4O4S. The third-order valence-corrected chi connectivity index (χ3v) is 7.36. The highest BCUT2D eigenvalue weighted by molar-refractivity contribution is 8.04. The Labute approximate surface area is 213 Å². The van der Waals surface area contributed by atoms with Gasteiger partial charge in [-0.15, -0.1) is 0 Å². The summed E-state index contributed by atoms with van der Waals surface area (Å²) in [5.74, 6) is -0.284. The minimum atomic E-state index is -0.417. The van der Waals surface area contributed by atoms with Gasteiger partial charge in [0.2, 0.25) is 5.91 Å². The van der Waals surface area contributed by atoms with Crippen LogP contribution in [0.4, 0.5) is 17.1 Å². The van der Waals surface area contributed by atoms with E-state index in [0.717, 1.165) is 21.8 Å². The molecule has 9 heteroatoms. The van der Waals surface area contributed by atoms with E-state index in [4.69, 9.17) is 0 Å². The molecule has 0 unspecified atom stereocenters. The number of thioether (sulfide) groups is 1. The molecule has 2 aliphatic heterocycles. The number of para-hydroxylation sites is 1. The Morgan fingerprint density at radius 3 is 2.28 bits per heavy atom. The quantitative estimate of drug-likeness (QED) is 0.293. The van der Waals surface area contributed by atoms with Crippen molar-refractivity contribution in [2.24, 2.45) is 0 Å². The Morgan fingerprint density at radius 1 is 0.917 bits per heavy atom. The van der Waals surface area contributed by atoms with Gasteiger partial charge in [-0.05, 0) is 35.9 Å². The molecule has 8 nitrogen and oxygen atoms in total. The third kappa shape index (κ3) is 4.96. The van der Waals surface area contributed by atoms with E-state index >= 15 is 0 Å². The fourth-order valence-electron chi connectivity index (χ4n) is 4.35. The van der Waals surface area contributed by atoms with Crippen molar-refractivity contribution in [1.82, 2.24) is 4.90 Å². The lowest BCUT2D eigenvalue weighted by Crippen LogP contribution is -2.52. The van der Waals surface area contributed by atoms with Gasteiger partial charge in [0.1, 0.15) is 6.54 Å². The van der Waals surface area contributed by atoms with Crippen LogP contribution in [0.2, 0.25) is 0 Å². The number of benzene rings is 3. The number of anilines is 2. The summed E-state index contributed by atoms with van der Waals surface area (Å²) < 4.78 is 0. The molecule has 0 atom stereocenters. The maximum Gasteiger partial charge on any atom is 0.269 e. The van der Waals surface area contributed by atoms with E-state index in [9.17, 15) is 19.7 Å². The molecule has 2 heterocycles. The van der Waals surface area contributed by atoms with Gasteiger partial charge >= 0.3 is 0 Å². The molecule has 1 saturated heterocycles. The van der Waals surface area contributed by atoms with Crippen LogP contribution >= 0.6 is 11.8 Å². The molecule has 3 aromatic carbocycles. The third-order valence-electron chi connectivity index (χ3n) is 6.28. The van der Waals surface area contributed by atoms with E-state index in [0.29, 0.717) is 31.1 Å². The smallest absolute Gasteiger partial charge is 0.269 e. The van der Waals surface area contributed by atoms with Crippen LogP contribution in [0.15, 0.2) is 88.7 Å². The van der Waals surface area contributed by atoms with Crippen molar-refractivity contribution in [3.05, 3.63) is 99.4 Å². The number of nitro benzene ring substituents is 1. The molecule has 0 bridgehead atoms. The highest BCUT2D eigenvalue weighted by atomic mass is 32.2. The minimum Gasteiger partial charge on any atom is -0.368 e. The van der Waals surface area contributed by atoms with Crippen LogP contribution < -0.4 is 9.80 Å². The van der Waals surface area contributed by atoms with Crippen molar-refractivity contribution in [1.29, 1.82) is 0 Å². The van der Waals surface area contributed by atoms with Gasteiger partial charge in [-0.25, -0.2) is 0 Å². The first-order chi connectivity index (χ1) is 17.5. The summed E-state index contributed by atoms with van der Waals surface area (Å²) in [7, 11) is 0. The zero-order valence-corrected chi connectivity index (χ0v) is 20.3. The van der Waals surface area contributed by atoms with Crippen molar-refractivity contribution in [2.75, 3.05) is 42.5 Å². The average Bonchev–Trinajstić information content (AvgIpc) is 2.91. The molecule has 3 aromatic rings. The van der Waals surface area contributed by atoms with Gasteiger partial charge in [0.25, 0.3) is 11.6 Å². The molecule has 182 valence electrons. The number of non-ortho nitro benzene ring substituents is 1. The molecule has 2 amide bonds. The summed E-state index contributed by atoms with van der Waals surface area (Å²) in [5.41, 5.74) is 2.62. The molecule has 0 saturated carbocycles. The Kier molecular flexibility index (Phi) is 6.73. The molecule has 0 aromatic heterocycles. The summed E-state index contributed by atoms with van der Waals surface area (Å²) in [6, 6.07) is 23.8. The molecule has 5 rings (SSSR count). The van der Waals surface area contributed by atoms with E-state index in [1.807, 2.05) is 60.7 Å². The van der Waals surface area contributed by atoms with Gasteiger partial charge in [-0.2, -0.15) is 0 Å². The highest BCUT2D eigenvalue weighted by Crippen LogP contribution is 2.42. The van der Waals surface area contributed by atoms with E-state index < -0.39 is 4.92 Å². The highest BCUT2D eigenvalue weighted by Gasteiger charge is 2.32. The SMILES string of the molecule is O=C(CN1C(=O)C(=Cc2ccccc2)Sc2ccccc21)N1CCN(c2ccc([N+](=O)[O-])cc2)CC1. The topological polar surface area (TPSA) is 87.0 Å².